The normalized spacial score (nSPS) is 17.1. The van der Waals surface area contributed by atoms with Gasteiger partial charge in [0.2, 0.25) is 0 Å². The van der Waals surface area contributed by atoms with E-state index in [2.05, 4.69) is 23.1 Å². The molecule has 0 atom stereocenters. The second-order valence-corrected chi connectivity index (χ2v) is 5.13. The van der Waals surface area contributed by atoms with Crippen molar-refractivity contribution in [3.8, 4) is 0 Å². The third-order valence-corrected chi connectivity index (χ3v) is 3.86. The summed E-state index contributed by atoms with van der Waals surface area (Å²) in [5.74, 6) is 0.609. The molecule has 1 fully saturated rings. The molecule has 0 radical (unpaired) electrons. The SMILES string of the molecule is CCc1cc(Cl)n2nc(C3CCCC3)cc2n1. The highest BCUT2D eigenvalue weighted by Gasteiger charge is 2.20. The molecular formula is C13H16ClN3. The molecule has 1 aliphatic carbocycles. The predicted octanol–water partition coefficient (Wildman–Crippen LogP) is 3.60. The lowest BCUT2D eigenvalue weighted by Gasteiger charge is -2.02. The van der Waals surface area contributed by atoms with E-state index in [-0.39, 0.29) is 0 Å². The fraction of sp³-hybridized carbons (Fsp3) is 0.538. The van der Waals surface area contributed by atoms with Crippen LogP contribution in [0.15, 0.2) is 12.1 Å². The van der Waals surface area contributed by atoms with Crippen LogP contribution >= 0.6 is 11.6 Å². The minimum atomic E-state index is 0.609. The molecule has 0 unspecified atom stereocenters. The lowest BCUT2D eigenvalue weighted by Crippen LogP contribution is -1.97. The molecule has 17 heavy (non-hydrogen) atoms. The van der Waals surface area contributed by atoms with Gasteiger partial charge in [-0.25, -0.2) is 9.50 Å². The molecule has 0 spiro atoms. The maximum atomic E-state index is 6.22. The van der Waals surface area contributed by atoms with Gasteiger partial charge >= 0.3 is 0 Å². The molecule has 0 saturated heterocycles. The van der Waals surface area contributed by atoms with Crippen molar-refractivity contribution >= 4 is 17.2 Å². The topological polar surface area (TPSA) is 30.2 Å². The number of rotatable bonds is 2. The number of aromatic nitrogens is 3. The summed E-state index contributed by atoms with van der Waals surface area (Å²) in [6.07, 6.45) is 6.05. The van der Waals surface area contributed by atoms with Gasteiger partial charge in [-0.05, 0) is 25.3 Å². The minimum Gasteiger partial charge on any atom is -0.233 e. The number of halogens is 1. The summed E-state index contributed by atoms with van der Waals surface area (Å²) in [6.45, 7) is 2.09. The lowest BCUT2D eigenvalue weighted by atomic mass is 10.1. The van der Waals surface area contributed by atoms with Crippen LogP contribution in [0, 0.1) is 0 Å². The molecular weight excluding hydrogens is 234 g/mol. The Balaban J connectivity index is 2.08. The Hall–Kier alpha value is -1.09. The molecule has 90 valence electrons. The monoisotopic (exact) mass is 249 g/mol. The molecule has 2 aromatic heterocycles. The van der Waals surface area contributed by atoms with Crippen LogP contribution in [0.5, 0.6) is 0 Å². The first-order valence-corrected chi connectivity index (χ1v) is 6.71. The number of hydrogen-bond donors (Lipinski definition) is 0. The maximum absolute atomic E-state index is 6.22. The molecule has 1 saturated carbocycles. The summed E-state index contributed by atoms with van der Waals surface area (Å²) in [6, 6.07) is 4.00. The van der Waals surface area contributed by atoms with Gasteiger partial charge in [0.1, 0.15) is 5.15 Å². The van der Waals surface area contributed by atoms with E-state index in [0.717, 1.165) is 23.5 Å². The molecule has 0 amide bonds. The molecule has 2 heterocycles. The zero-order valence-electron chi connectivity index (χ0n) is 9.99. The van der Waals surface area contributed by atoms with Crippen LogP contribution in [0.2, 0.25) is 5.15 Å². The summed E-state index contributed by atoms with van der Waals surface area (Å²) in [4.78, 5) is 4.56. The molecule has 4 heteroatoms. The Kier molecular flexibility index (Phi) is 2.79. The molecule has 0 aromatic carbocycles. The van der Waals surface area contributed by atoms with Crippen LogP contribution in [0.25, 0.3) is 5.65 Å². The van der Waals surface area contributed by atoms with Crippen LogP contribution in [0.4, 0.5) is 0 Å². The summed E-state index contributed by atoms with van der Waals surface area (Å²) >= 11 is 6.22. The zero-order chi connectivity index (χ0) is 11.8. The minimum absolute atomic E-state index is 0.609. The van der Waals surface area contributed by atoms with Crippen molar-refractivity contribution in [3.63, 3.8) is 0 Å². The van der Waals surface area contributed by atoms with E-state index < -0.39 is 0 Å². The highest BCUT2D eigenvalue weighted by Crippen LogP contribution is 2.33. The van der Waals surface area contributed by atoms with Crippen molar-refractivity contribution < 1.29 is 0 Å². The molecule has 3 nitrogen and oxygen atoms in total. The molecule has 0 aliphatic heterocycles. The van der Waals surface area contributed by atoms with E-state index in [1.165, 1.54) is 25.7 Å². The first-order valence-electron chi connectivity index (χ1n) is 6.33. The van der Waals surface area contributed by atoms with E-state index in [4.69, 9.17) is 11.6 Å². The Morgan fingerprint density at radius 1 is 1.35 bits per heavy atom. The average molecular weight is 250 g/mol. The largest absolute Gasteiger partial charge is 0.233 e. The van der Waals surface area contributed by atoms with Gasteiger partial charge in [0, 0.05) is 17.7 Å². The lowest BCUT2D eigenvalue weighted by molar-refractivity contribution is 0.684. The third kappa shape index (κ3) is 1.93. The molecule has 0 N–H and O–H groups in total. The van der Waals surface area contributed by atoms with Gasteiger partial charge in [0.15, 0.2) is 5.65 Å². The Morgan fingerprint density at radius 3 is 2.82 bits per heavy atom. The van der Waals surface area contributed by atoms with Gasteiger partial charge in [-0.2, -0.15) is 5.10 Å². The number of hydrogen-bond acceptors (Lipinski definition) is 2. The van der Waals surface area contributed by atoms with Crippen LogP contribution in [-0.2, 0) is 6.42 Å². The first kappa shape index (κ1) is 11.0. The van der Waals surface area contributed by atoms with Crippen LogP contribution < -0.4 is 0 Å². The highest BCUT2D eigenvalue weighted by molar-refractivity contribution is 6.29. The summed E-state index contributed by atoms with van der Waals surface area (Å²) in [5.41, 5.74) is 3.07. The van der Waals surface area contributed by atoms with Gasteiger partial charge < -0.3 is 0 Å². The standard InChI is InChI=1S/C13H16ClN3/c1-2-10-7-12(14)17-13(15-10)8-11(16-17)9-5-3-4-6-9/h7-9H,2-6H2,1H3. The van der Waals surface area contributed by atoms with Crippen LogP contribution in [0.1, 0.15) is 49.9 Å². The Morgan fingerprint density at radius 2 is 2.12 bits per heavy atom. The molecule has 2 aromatic rings. The zero-order valence-corrected chi connectivity index (χ0v) is 10.7. The van der Waals surface area contributed by atoms with Gasteiger partial charge in [-0.3, -0.25) is 0 Å². The molecule has 1 aliphatic rings. The number of nitrogens with zero attached hydrogens (tertiary/aromatic N) is 3. The second-order valence-electron chi connectivity index (χ2n) is 4.74. The smallest absolute Gasteiger partial charge is 0.157 e. The fourth-order valence-corrected chi connectivity index (χ4v) is 2.86. The summed E-state index contributed by atoms with van der Waals surface area (Å²) in [5, 5.41) is 5.25. The Labute approximate surface area is 106 Å². The van der Waals surface area contributed by atoms with Gasteiger partial charge in [-0.1, -0.05) is 31.4 Å². The van der Waals surface area contributed by atoms with Gasteiger partial charge in [0.25, 0.3) is 0 Å². The van der Waals surface area contributed by atoms with E-state index >= 15 is 0 Å². The van der Waals surface area contributed by atoms with Crippen molar-refractivity contribution in [2.75, 3.05) is 0 Å². The van der Waals surface area contributed by atoms with E-state index in [1.54, 1.807) is 4.52 Å². The number of aryl methyl sites for hydroxylation is 1. The second kappa shape index (κ2) is 4.30. The molecule has 0 bridgehead atoms. The van der Waals surface area contributed by atoms with E-state index in [9.17, 15) is 0 Å². The van der Waals surface area contributed by atoms with Crippen LogP contribution in [-0.4, -0.2) is 14.6 Å². The van der Waals surface area contributed by atoms with Gasteiger partial charge in [0.05, 0.1) is 5.69 Å². The van der Waals surface area contributed by atoms with Crippen molar-refractivity contribution in [1.82, 2.24) is 14.6 Å². The quantitative estimate of drug-likeness (QED) is 0.762. The van der Waals surface area contributed by atoms with Crippen molar-refractivity contribution in [1.29, 1.82) is 0 Å². The van der Waals surface area contributed by atoms with Crippen molar-refractivity contribution in [3.05, 3.63) is 28.7 Å². The average Bonchev–Trinajstić information content (AvgIpc) is 2.96. The third-order valence-electron chi connectivity index (χ3n) is 3.59. The fourth-order valence-electron chi connectivity index (χ4n) is 2.61. The summed E-state index contributed by atoms with van der Waals surface area (Å²) < 4.78 is 1.76. The predicted molar refractivity (Wildman–Crippen MR) is 68.6 cm³/mol. The van der Waals surface area contributed by atoms with Crippen molar-refractivity contribution in [2.45, 2.75) is 44.9 Å². The van der Waals surface area contributed by atoms with E-state index in [1.807, 2.05) is 6.07 Å². The van der Waals surface area contributed by atoms with Crippen LogP contribution in [0.3, 0.4) is 0 Å². The first-order chi connectivity index (χ1) is 8.28. The van der Waals surface area contributed by atoms with Crippen molar-refractivity contribution in [2.24, 2.45) is 0 Å². The Bertz CT molecular complexity index is 541. The van der Waals surface area contributed by atoms with E-state index in [0.29, 0.717) is 11.1 Å². The maximum Gasteiger partial charge on any atom is 0.157 e. The van der Waals surface area contributed by atoms with Gasteiger partial charge in [-0.15, -0.1) is 0 Å². The molecule has 3 rings (SSSR count). The number of fused-ring (bicyclic) bond motifs is 1. The highest BCUT2D eigenvalue weighted by atomic mass is 35.5. The summed E-state index contributed by atoms with van der Waals surface area (Å²) in [7, 11) is 0.